The SMILES string of the molecule is COc1cc(-c2cccc(Cl)c2Cl)c2nc(N)[nH]c2c1. The van der Waals surface area contributed by atoms with Gasteiger partial charge in [-0.05, 0) is 12.1 Å². The highest BCUT2D eigenvalue weighted by atomic mass is 35.5. The zero-order valence-electron chi connectivity index (χ0n) is 10.6. The molecule has 0 fully saturated rings. The van der Waals surface area contributed by atoms with Gasteiger partial charge in [-0.15, -0.1) is 0 Å². The van der Waals surface area contributed by atoms with E-state index in [0.717, 1.165) is 22.2 Å². The number of nitrogens with zero attached hydrogens (tertiary/aromatic N) is 1. The number of halogens is 2. The Labute approximate surface area is 125 Å². The molecule has 0 atom stereocenters. The molecule has 1 aromatic heterocycles. The third-order valence-electron chi connectivity index (χ3n) is 3.06. The molecule has 0 saturated carbocycles. The number of hydrogen-bond donors (Lipinski definition) is 2. The second kappa shape index (κ2) is 4.89. The largest absolute Gasteiger partial charge is 0.497 e. The van der Waals surface area contributed by atoms with Crippen LogP contribution >= 0.6 is 23.2 Å². The molecule has 0 bridgehead atoms. The van der Waals surface area contributed by atoms with Crippen LogP contribution in [0.3, 0.4) is 0 Å². The monoisotopic (exact) mass is 307 g/mol. The standard InChI is InChI=1S/C14H11Cl2N3O/c1-20-7-5-9(8-3-2-4-10(15)12(8)16)13-11(6-7)18-14(17)19-13/h2-6H,1H3,(H3,17,18,19). The van der Waals surface area contributed by atoms with Crippen LogP contribution in [0.1, 0.15) is 0 Å². The topological polar surface area (TPSA) is 63.9 Å². The van der Waals surface area contributed by atoms with Crippen molar-refractivity contribution < 1.29 is 4.74 Å². The van der Waals surface area contributed by atoms with E-state index >= 15 is 0 Å². The minimum Gasteiger partial charge on any atom is -0.497 e. The summed E-state index contributed by atoms with van der Waals surface area (Å²) in [6.07, 6.45) is 0. The number of methoxy groups -OCH3 is 1. The van der Waals surface area contributed by atoms with E-state index in [1.807, 2.05) is 24.3 Å². The van der Waals surface area contributed by atoms with Crippen molar-refractivity contribution >= 4 is 40.2 Å². The third-order valence-corrected chi connectivity index (χ3v) is 3.87. The molecule has 0 aliphatic rings. The van der Waals surface area contributed by atoms with E-state index in [9.17, 15) is 0 Å². The molecule has 1 heterocycles. The molecule has 0 amide bonds. The van der Waals surface area contributed by atoms with Gasteiger partial charge in [0.05, 0.1) is 28.2 Å². The second-order valence-corrected chi connectivity index (χ2v) is 5.08. The number of fused-ring (bicyclic) bond motifs is 1. The fraction of sp³-hybridized carbons (Fsp3) is 0.0714. The molecule has 102 valence electrons. The van der Waals surface area contributed by atoms with Crippen molar-refractivity contribution in [2.24, 2.45) is 0 Å². The lowest BCUT2D eigenvalue weighted by molar-refractivity contribution is 0.415. The maximum atomic E-state index is 6.29. The first-order valence-electron chi connectivity index (χ1n) is 5.87. The lowest BCUT2D eigenvalue weighted by Crippen LogP contribution is -1.88. The number of H-pyrrole nitrogens is 1. The molecule has 2 aromatic carbocycles. The highest BCUT2D eigenvalue weighted by molar-refractivity contribution is 6.43. The highest BCUT2D eigenvalue weighted by Gasteiger charge is 2.14. The van der Waals surface area contributed by atoms with E-state index in [4.69, 9.17) is 33.7 Å². The fourth-order valence-electron chi connectivity index (χ4n) is 2.15. The summed E-state index contributed by atoms with van der Waals surface area (Å²) in [4.78, 5) is 7.29. The zero-order chi connectivity index (χ0) is 14.3. The van der Waals surface area contributed by atoms with E-state index in [0.29, 0.717) is 21.7 Å². The minimum atomic E-state index is 0.340. The van der Waals surface area contributed by atoms with Crippen LogP contribution < -0.4 is 10.5 Å². The first-order valence-corrected chi connectivity index (χ1v) is 6.63. The second-order valence-electron chi connectivity index (χ2n) is 4.29. The van der Waals surface area contributed by atoms with E-state index in [1.54, 1.807) is 13.2 Å². The van der Waals surface area contributed by atoms with Gasteiger partial charge in [0.15, 0.2) is 5.95 Å². The number of anilines is 1. The van der Waals surface area contributed by atoms with Crippen molar-refractivity contribution in [3.05, 3.63) is 40.4 Å². The molecule has 3 rings (SSSR count). The summed E-state index contributed by atoms with van der Waals surface area (Å²) in [6.45, 7) is 0. The average molecular weight is 308 g/mol. The van der Waals surface area contributed by atoms with Gasteiger partial charge in [-0.2, -0.15) is 0 Å². The van der Waals surface area contributed by atoms with Gasteiger partial charge in [0.25, 0.3) is 0 Å². The molecule has 0 unspecified atom stereocenters. The molecular weight excluding hydrogens is 297 g/mol. The summed E-state index contributed by atoms with van der Waals surface area (Å²) >= 11 is 12.4. The number of aromatic nitrogens is 2. The van der Waals surface area contributed by atoms with Crippen molar-refractivity contribution in [2.45, 2.75) is 0 Å². The Morgan fingerprint density at radius 1 is 1.20 bits per heavy atom. The van der Waals surface area contributed by atoms with E-state index < -0.39 is 0 Å². The maximum absolute atomic E-state index is 6.29. The summed E-state index contributed by atoms with van der Waals surface area (Å²) < 4.78 is 5.30. The number of ether oxygens (including phenoxy) is 1. The lowest BCUT2D eigenvalue weighted by Gasteiger charge is -2.09. The molecule has 0 saturated heterocycles. The number of imidazole rings is 1. The van der Waals surface area contributed by atoms with Crippen LogP contribution in [0.5, 0.6) is 5.75 Å². The van der Waals surface area contributed by atoms with Crippen LogP contribution in [-0.2, 0) is 0 Å². The number of aromatic amines is 1. The Bertz CT molecular complexity index is 798. The molecule has 4 nitrogen and oxygen atoms in total. The van der Waals surface area contributed by atoms with Crippen molar-refractivity contribution in [1.82, 2.24) is 9.97 Å². The predicted octanol–water partition coefficient (Wildman–Crippen LogP) is 4.13. The van der Waals surface area contributed by atoms with E-state index in [2.05, 4.69) is 9.97 Å². The summed E-state index contributed by atoms with van der Waals surface area (Å²) in [7, 11) is 1.60. The van der Waals surface area contributed by atoms with Crippen molar-refractivity contribution in [2.75, 3.05) is 12.8 Å². The number of nitrogen functional groups attached to an aromatic ring is 1. The predicted molar refractivity (Wildman–Crippen MR) is 82.5 cm³/mol. The first kappa shape index (κ1) is 13.1. The van der Waals surface area contributed by atoms with Crippen LogP contribution in [0.15, 0.2) is 30.3 Å². The number of nitrogens with two attached hydrogens (primary N) is 1. The van der Waals surface area contributed by atoms with Gasteiger partial charge >= 0.3 is 0 Å². The molecule has 0 aliphatic heterocycles. The van der Waals surface area contributed by atoms with Gasteiger partial charge in [-0.25, -0.2) is 4.98 Å². The van der Waals surface area contributed by atoms with Gasteiger partial charge < -0.3 is 15.5 Å². The minimum absolute atomic E-state index is 0.340. The highest BCUT2D eigenvalue weighted by Crippen LogP contribution is 2.38. The quantitative estimate of drug-likeness (QED) is 0.748. The summed E-state index contributed by atoms with van der Waals surface area (Å²) in [5.74, 6) is 1.03. The van der Waals surface area contributed by atoms with Gasteiger partial charge in [-0.3, -0.25) is 0 Å². The van der Waals surface area contributed by atoms with Crippen molar-refractivity contribution in [3.8, 4) is 16.9 Å². The molecule has 0 spiro atoms. The summed E-state index contributed by atoms with van der Waals surface area (Å²) in [6, 6.07) is 9.16. The Hall–Kier alpha value is -1.91. The van der Waals surface area contributed by atoms with Crippen LogP contribution in [0.25, 0.3) is 22.2 Å². The Morgan fingerprint density at radius 2 is 2.00 bits per heavy atom. The average Bonchev–Trinajstić information content (AvgIpc) is 2.81. The van der Waals surface area contributed by atoms with Gasteiger partial charge in [0, 0.05) is 17.2 Å². The Morgan fingerprint density at radius 3 is 2.75 bits per heavy atom. The molecule has 0 aliphatic carbocycles. The van der Waals surface area contributed by atoms with Crippen LogP contribution in [-0.4, -0.2) is 17.1 Å². The Kier molecular flexibility index (Phi) is 3.20. The van der Waals surface area contributed by atoms with Crippen molar-refractivity contribution in [3.63, 3.8) is 0 Å². The van der Waals surface area contributed by atoms with Gasteiger partial charge in [-0.1, -0.05) is 35.3 Å². The molecule has 3 N–H and O–H groups in total. The molecule has 3 aromatic rings. The normalized spacial score (nSPS) is 10.9. The first-order chi connectivity index (χ1) is 9.60. The van der Waals surface area contributed by atoms with Crippen LogP contribution in [0, 0.1) is 0 Å². The summed E-state index contributed by atoms with van der Waals surface area (Å²) in [5.41, 5.74) is 8.85. The maximum Gasteiger partial charge on any atom is 0.198 e. The summed E-state index contributed by atoms with van der Waals surface area (Å²) in [5, 5.41) is 0.967. The van der Waals surface area contributed by atoms with Crippen LogP contribution in [0.2, 0.25) is 10.0 Å². The van der Waals surface area contributed by atoms with Gasteiger partial charge in [0.2, 0.25) is 0 Å². The van der Waals surface area contributed by atoms with Gasteiger partial charge in [0.1, 0.15) is 5.75 Å². The van der Waals surface area contributed by atoms with Crippen molar-refractivity contribution in [1.29, 1.82) is 0 Å². The number of hydrogen-bond acceptors (Lipinski definition) is 3. The third kappa shape index (κ3) is 2.07. The van der Waals surface area contributed by atoms with E-state index in [-0.39, 0.29) is 0 Å². The number of nitrogens with one attached hydrogen (secondary N) is 1. The molecule has 6 heteroatoms. The Balaban J connectivity index is 2.36. The van der Waals surface area contributed by atoms with Crippen LogP contribution in [0.4, 0.5) is 5.95 Å². The molecule has 0 radical (unpaired) electrons. The number of rotatable bonds is 2. The number of benzene rings is 2. The molecular formula is C14H11Cl2N3O. The van der Waals surface area contributed by atoms with E-state index in [1.165, 1.54) is 0 Å². The zero-order valence-corrected chi connectivity index (χ0v) is 12.1. The smallest absolute Gasteiger partial charge is 0.198 e. The fourth-order valence-corrected chi connectivity index (χ4v) is 2.55. The lowest BCUT2D eigenvalue weighted by atomic mass is 10.0. The molecule has 20 heavy (non-hydrogen) atoms.